The quantitative estimate of drug-likeness (QED) is 0.0714. The van der Waals surface area contributed by atoms with Gasteiger partial charge in [-0.25, -0.2) is 4.98 Å². The van der Waals surface area contributed by atoms with Crippen LogP contribution < -0.4 is 41.5 Å². The smallest absolute Gasteiger partial charge is 0.237 e. The molecule has 0 radical (unpaired) electrons. The van der Waals surface area contributed by atoms with Crippen LogP contribution in [0.15, 0.2) is 425 Å². The average Bonchev–Trinajstić information content (AvgIpc) is 1.30. The SMILES string of the molecule is c1ccc(-c2ccc([Si](c3ccccc3)(c3ccc(-c4ccccc4)cc3)c3cc(-c4cc(-n5c6ccccc6c6ccccc65)nc(-n5c6ccccc6c6cc(-c7ccccc7)ccc65)n4)cc([Si](c4ccccc4)(c4ccc(-c5ccccc5)cc4)c4ccc(-c5ccccc5)cc4)c3)cc2)cc1. The largest absolute Gasteiger partial charge is 0.294 e. The predicted molar refractivity (Wildman–Crippen MR) is 451 cm³/mol. The van der Waals surface area contributed by atoms with Crippen molar-refractivity contribution in [3.8, 4) is 78.7 Å². The Balaban J connectivity index is 0.972. The summed E-state index contributed by atoms with van der Waals surface area (Å²) in [6, 6.07) is 158. The maximum Gasteiger partial charge on any atom is 0.237 e. The summed E-state index contributed by atoms with van der Waals surface area (Å²) in [7, 11) is -7.15. The summed E-state index contributed by atoms with van der Waals surface area (Å²) < 4.78 is 4.67. The molecule has 0 unspecified atom stereocenters. The molecule has 0 amide bonds. The van der Waals surface area contributed by atoms with E-state index in [4.69, 9.17) is 9.97 Å². The number of nitrogens with zero attached hydrogens (tertiary/aromatic N) is 4. The third kappa shape index (κ3) is 11.1. The molecule has 0 saturated heterocycles. The number of hydrogen-bond acceptors (Lipinski definition) is 2. The van der Waals surface area contributed by atoms with Crippen molar-refractivity contribution in [2.45, 2.75) is 0 Å². The average molecular weight is 1380 g/mol. The zero-order valence-corrected chi connectivity index (χ0v) is 60.2. The lowest BCUT2D eigenvalue weighted by Gasteiger charge is -2.38. The van der Waals surface area contributed by atoms with Crippen molar-refractivity contribution >= 4 is 101 Å². The van der Waals surface area contributed by atoms with Crippen molar-refractivity contribution < 1.29 is 0 Å². The normalized spacial score (nSPS) is 11.8. The van der Waals surface area contributed by atoms with Gasteiger partial charge in [0.2, 0.25) is 5.95 Å². The van der Waals surface area contributed by atoms with Gasteiger partial charge in [0.05, 0.1) is 27.8 Å². The summed E-state index contributed by atoms with van der Waals surface area (Å²) in [4.78, 5) is 12.0. The molecule has 0 aliphatic carbocycles. The lowest BCUT2D eigenvalue weighted by molar-refractivity contribution is 0.952. The van der Waals surface area contributed by atoms with E-state index in [0.29, 0.717) is 5.95 Å². The molecule has 0 fully saturated rings. The first-order valence-corrected chi connectivity index (χ1v) is 40.4. The van der Waals surface area contributed by atoms with E-state index in [1.165, 1.54) is 63.7 Å². The van der Waals surface area contributed by atoms with Gasteiger partial charge in [0.15, 0.2) is 16.1 Å². The highest BCUT2D eigenvalue weighted by atomic mass is 28.3. The van der Waals surface area contributed by atoms with Crippen LogP contribution in [0, 0.1) is 0 Å². The zero-order valence-electron chi connectivity index (χ0n) is 58.2. The third-order valence-corrected chi connectivity index (χ3v) is 31.2. The molecule has 0 aliphatic rings. The van der Waals surface area contributed by atoms with E-state index in [-0.39, 0.29) is 0 Å². The molecule has 0 bridgehead atoms. The van der Waals surface area contributed by atoms with E-state index < -0.39 is 16.1 Å². The maximum atomic E-state index is 6.13. The van der Waals surface area contributed by atoms with Gasteiger partial charge in [0, 0.05) is 33.2 Å². The number of benzene rings is 16. The van der Waals surface area contributed by atoms with Gasteiger partial charge in [-0.1, -0.05) is 388 Å². The van der Waals surface area contributed by atoms with Crippen molar-refractivity contribution in [1.82, 2.24) is 19.1 Å². The molecular weight excluding hydrogens is 1310 g/mol. The number of para-hydroxylation sites is 3. The Hall–Kier alpha value is -13.4. The summed E-state index contributed by atoms with van der Waals surface area (Å²) >= 11 is 0. The van der Waals surface area contributed by atoms with Crippen LogP contribution in [0.25, 0.3) is 122 Å². The molecule has 19 aromatic rings. The van der Waals surface area contributed by atoms with Gasteiger partial charge >= 0.3 is 0 Å². The van der Waals surface area contributed by atoms with Crippen LogP contribution in [-0.2, 0) is 0 Å². The first-order chi connectivity index (χ1) is 52.5. The summed E-state index contributed by atoms with van der Waals surface area (Å²) in [6.45, 7) is 0. The third-order valence-electron chi connectivity index (χ3n) is 21.7. The highest BCUT2D eigenvalue weighted by molar-refractivity contribution is 7.22. The van der Waals surface area contributed by atoms with Gasteiger partial charge in [0.25, 0.3) is 0 Å². The van der Waals surface area contributed by atoms with Crippen LogP contribution in [0.2, 0.25) is 0 Å². The van der Waals surface area contributed by atoms with Crippen LogP contribution in [0.3, 0.4) is 0 Å². The molecule has 19 rings (SSSR count). The van der Waals surface area contributed by atoms with E-state index >= 15 is 0 Å². The number of rotatable bonds is 16. The Labute approximate surface area is 619 Å². The fraction of sp³-hybridized carbons (Fsp3) is 0. The number of hydrogen-bond donors (Lipinski definition) is 0. The standard InChI is InChI=1S/C100H70N4Si2/c1-8-28-71(29-9-1)76-48-57-84(58-49-76)105(82-38-18-6-19-39-82,85-59-50-77(51-60-85)72-30-10-2-11-31-72)88-66-81(67-89(69-88)106(83-40-20-7-21-41-83,86-61-52-78(53-62-86)73-32-12-3-13-33-73)87-63-54-79(55-64-87)74-34-14-4-15-35-74)94-70-99(103-95-45-25-22-42-90(95)91-43-23-26-46-96(91)103)102-100(101-94)104-97-47-27-24-44-92(97)93-68-80(56-65-98(93)104)75-36-16-5-17-37-75/h1-70H. The fourth-order valence-corrected chi connectivity index (χ4v) is 26.4. The van der Waals surface area contributed by atoms with Crippen molar-refractivity contribution in [1.29, 1.82) is 0 Å². The molecule has 0 spiro atoms. The lowest BCUT2D eigenvalue weighted by atomic mass is 10.0. The highest BCUT2D eigenvalue weighted by Gasteiger charge is 2.46. The fourth-order valence-electron chi connectivity index (χ4n) is 16.7. The van der Waals surface area contributed by atoms with E-state index in [9.17, 15) is 0 Å². The van der Waals surface area contributed by atoms with E-state index in [1.54, 1.807) is 0 Å². The van der Waals surface area contributed by atoms with Gasteiger partial charge < -0.3 is 0 Å². The van der Waals surface area contributed by atoms with Gasteiger partial charge in [-0.2, -0.15) is 4.98 Å². The summed E-state index contributed by atoms with van der Waals surface area (Å²) in [5.74, 6) is 1.33. The Morgan fingerprint density at radius 3 is 0.811 bits per heavy atom. The van der Waals surface area contributed by atoms with Crippen molar-refractivity contribution in [2.24, 2.45) is 0 Å². The monoisotopic (exact) mass is 1380 g/mol. The molecule has 3 heterocycles. The van der Waals surface area contributed by atoms with E-state index in [0.717, 1.165) is 94.1 Å². The Morgan fingerprint density at radius 2 is 0.443 bits per heavy atom. The van der Waals surface area contributed by atoms with Gasteiger partial charge in [-0.15, -0.1) is 0 Å². The second kappa shape index (κ2) is 27.1. The minimum Gasteiger partial charge on any atom is -0.294 e. The zero-order chi connectivity index (χ0) is 70.4. The molecule has 4 nitrogen and oxygen atoms in total. The Kier molecular flexibility index (Phi) is 16.3. The van der Waals surface area contributed by atoms with Crippen molar-refractivity contribution in [3.63, 3.8) is 0 Å². The van der Waals surface area contributed by atoms with Gasteiger partial charge in [-0.05, 0) is 127 Å². The maximum absolute atomic E-state index is 6.13. The second-order valence-electron chi connectivity index (χ2n) is 27.5. The van der Waals surface area contributed by atoms with E-state index in [1.807, 2.05) is 0 Å². The summed E-state index contributed by atoms with van der Waals surface area (Å²) in [5.41, 5.74) is 17.6. The van der Waals surface area contributed by atoms with Crippen LogP contribution in [0.5, 0.6) is 0 Å². The number of fused-ring (bicyclic) bond motifs is 6. The molecular formula is C100H70N4Si2. The topological polar surface area (TPSA) is 35.6 Å². The molecule has 0 N–H and O–H groups in total. The molecule has 16 aromatic carbocycles. The first-order valence-electron chi connectivity index (χ1n) is 36.4. The van der Waals surface area contributed by atoms with Crippen LogP contribution >= 0.6 is 0 Å². The summed E-state index contributed by atoms with van der Waals surface area (Å²) in [5, 5.41) is 14.6. The van der Waals surface area contributed by atoms with E-state index in [2.05, 4.69) is 434 Å². The lowest BCUT2D eigenvalue weighted by Crippen LogP contribution is -2.78. The van der Waals surface area contributed by atoms with Crippen LogP contribution in [0.1, 0.15) is 0 Å². The molecule has 6 heteroatoms. The Bertz CT molecular complexity index is 5920. The molecule has 0 aliphatic heterocycles. The highest BCUT2D eigenvalue weighted by Crippen LogP contribution is 2.38. The summed E-state index contributed by atoms with van der Waals surface area (Å²) in [6.07, 6.45) is 0. The first kappa shape index (κ1) is 63.5. The minimum absolute atomic E-state index is 0.569. The molecule has 3 aromatic heterocycles. The molecule has 106 heavy (non-hydrogen) atoms. The predicted octanol–water partition coefficient (Wildman–Crippen LogP) is 19.4. The minimum atomic E-state index is -3.57. The second-order valence-corrected chi connectivity index (χ2v) is 35.2. The van der Waals surface area contributed by atoms with Crippen molar-refractivity contribution in [3.05, 3.63) is 425 Å². The molecule has 498 valence electrons. The molecule has 0 saturated carbocycles. The van der Waals surface area contributed by atoms with Gasteiger partial charge in [-0.3, -0.25) is 9.13 Å². The van der Waals surface area contributed by atoms with Gasteiger partial charge in [0.1, 0.15) is 5.82 Å². The van der Waals surface area contributed by atoms with Crippen LogP contribution in [0.4, 0.5) is 0 Å². The number of aromatic nitrogens is 4. The van der Waals surface area contributed by atoms with Crippen LogP contribution in [-0.4, -0.2) is 35.2 Å². The van der Waals surface area contributed by atoms with Crippen molar-refractivity contribution in [2.75, 3.05) is 0 Å². The Morgan fingerprint density at radius 1 is 0.170 bits per heavy atom. The molecule has 0 atom stereocenters.